The Morgan fingerprint density at radius 1 is 1.24 bits per heavy atom. The van der Waals surface area contributed by atoms with Gasteiger partial charge in [0, 0.05) is 11.8 Å². The highest BCUT2D eigenvalue weighted by atomic mass is 16.5. The van der Waals surface area contributed by atoms with Crippen LogP contribution in [0.15, 0.2) is 29.2 Å². The van der Waals surface area contributed by atoms with Crippen LogP contribution in [-0.4, -0.2) is 17.1 Å². The standard InChI is InChI=1S/C13H14N2O2/c1-8-4-5-10(12(17-3)9(8)2)11-6-7-14-13(16)15-11/h4-7H,1-3H3,(H,14,15,16). The van der Waals surface area contributed by atoms with Gasteiger partial charge in [0.25, 0.3) is 0 Å². The molecule has 0 bridgehead atoms. The molecule has 0 saturated heterocycles. The number of nitrogens with zero attached hydrogens (tertiary/aromatic N) is 1. The van der Waals surface area contributed by atoms with Crippen molar-refractivity contribution < 1.29 is 4.74 Å². The predicted octanol–water partition coefficient (Wildman–Crippen LogP) is 2.06. The quantitative estimate of drug-likeness (QED) is 0.859. The molecule has 2 rings (SSSR count). The normalized spacial score (nSPS) is 10.3. The van der Waals surface area contributed by atoms with Crippen LogP contribution in [0.2, 0.25) is 0 Å². The zero-order valence-corrected chi connectivity index (χ0v) is 10.1. The van der Waals surface area contributed by atoms with Crippen LogP contribution < -0.4 is 10.4 Å². The number of hydrogen-bond donors (Lipinski definition) is 1. The number of methoxy groups -OCH3 is 1. The van der Waals surface area contributed by atoms with Crippen LogP contribution in [0.1, 0.15) is 11.1 Å². The highest BCUT2D eigenvalue weighted by Gasteiger charge is 2.10. The molecule has 0 radical (unpaired) electrons. The van der Waals surface area contributed by atoms with Crippen molar-refractivity contribution in [1.82, 2.24) is 9.97 Å². The summed E-state index contributed by atoms with van der Waals surface area (Å²) < 4.78 is 5.41. The van der Waals surface area contributed by atoms with Crippen LogP contribution in [0, 0.1) is 13.8 Å². The van der Waals surface area contributed by atoms with Crippen molar-refractivity contribution in [3.05, 3.63) is 46.0 Å². The fourth-order valence-electron chi connectivity index (χ4n) is 1.79. The van der Waals surface area contributed by atoms with Gasteiger partial charge < -0.3 is 9.72 Å². The molecule has 0 aliphatic heterocycles. The van der Waals surface area contributed by atoms with E-state index in [1.165, 1.54) is 6.20 Å². The lowest BCUT2D eigenvalue weighted by molar-refractivity contribution is 0.413. The number of rotatable bonds is 2. The summed E-state index contributed by atoms with van der Waals surface area (Å²) in [7, 11) is 1.63. The van der Waals surface area contributed by atoms with E-state index in [1.807, 2.05) is 26.0 Å². The Morgan fingerprint density at radius 3 is 2.65 bits per heavy atom. The van der Waals surface area contributed by atoms with Crippen LogP contribution in [0.3, 0.4) is 0 Å². The summed E-state index contributed by atoms with van der Waals surface area (Å²) in [5.74, 6) is 0.784. The molecule has 4 nitrogen and oxygen atoms in total. The minimum Gasteiger partial charge on any atom is -0.496 e. The van der Waals surface area contributed by atoms with Crippen molar-refractivity contribution in [2.24, 2.45) is 0 Å². The number of aromatic amines is 1. The number of nitrogens with one attached hydrogen (secondary N) is 1. The Labute approximate surface area is 99.3 Å². The van der Waals surface area contributed by atoms with Gasteiger partial charge in [-0.1, -0.05) is 6.07 Å². The lowest BCUT2D eigenvalue weighted by Gasteiger charge is -2.13. The third-order valence-electron chi connectivity index (χ3n) is 2.85. The summed E-state index contributed by atoms with van der Waals surface area (Å²) in [6.45, 7) is 4.02. The molecule has 0 spiro atoms. The molecule has 0 aliphatic rings. The van der Waals surface area contributed by atoms with Gasteiger partial charge in [-0.25, -0.2) is 9.78 Å². The number of aromatic nitrogens is 2. The van der Waals surface area contributed by atoms with Gasteiger partial charge in [-0.2, -0.15) is 0 Å². The molecular formula is C13H14N2O2. The van der Waals surface area contributed by atoms with E-state index in [0.717, 1.165) is 22.4 Å². The first-order valence-corrected chi connectivity index (χ1v) is 5.33. The Morgan fingerprint density at radius 2 is 2.00 bits per heavy atom. The van der Waals surface area contributed by atoms with Gasteiger partial charge in [0.1, 0.15) is 5.75 Å². The van der Waals surface area contributed by atoms with Crippen molar-refractivity contribution in [2.75, 3.05) is 7.11 Å². The van der Waals surface area contributed by atoms with Gasteiger partial charge in [0.2, 0.25) is 0 Å². The third kappa shape index (κ3) is 2.06. The van der Waals surface area contributed by atoms with Gasteiger partial charge in [-0.15, -0.1) is 0 Å². The van der Waals surface area contributed by atoms with E-state index >= 15 is 0 Å². The van der Waals surface area contributed by atoms with Gasteiger partial charge >= 0.3 is 5.69 Å². The monoisotopic (exact) mass is 230 g/mol. The van der Waals surface area contributed by atoms with Gasteiger partial charge in [-0.05, 0) is 37.1 Å². The van der Waals surface area contributed by atoms with Crippen LogP contribution in [0.4, 0.5) is 0 Å². The Balaban J connectivity index is 2.68. The maximum atomic E-state index is 11.2. The first kappa shape index (κ1) is 11.4. The molecule has 17 heavy (non-hydrogen) atoms. The van der Waals surface area contributed by atoms with Crippen LogP contribution in [0.5, 0.6) is 5.75 Å². The fraction of sp³-hybridized carbons (Fsp3) is 0.231. The van der Waals surface area contributed by atoms with Crippen molar-refractivity contribution in [3.63, 3.8) is 0 Å². The van der Waals surface area contributed by atoms with Crippen molar-refractivity contribution >= 4 is 0 Å². The molecule has 0 unspecified atom stereocenters. The number of H-pyrrole nitrogens is 1. The van der Waals surface area contributed by atoms with E-state index in [4.69, 9.17) is 4.74 Å². The topological polar surface area (TPSA) is 55.0 Å². The Hall–Kier alpha value is -2.10. The SMILES string of the molecule is COc1c(-c2ccnc(=O)[nH]2)ccc(C)c1C. The first-order chi connectivity index (χ1) is 8.13. The molecule has 1 N–H and O–H groups in total. The van der Waals surface area contributed by atoms with Gasteiger partial charge in [-0.3, -0.25) is 0 Å². The first-order valence-electron chi connectivity index (χ1n) is 5.33. The lowest BCUT2D eigenvalue weighted by Crippen LogP contribution is -2.09. The summed E-state index contributed by atoms with van der Waals surface area (Å²) in [6, 6.07) is 5.70. The molecule has 0 amide bonds. The van der Waals surface area contributed by atoms with Crippen LogP contribution in [0.25, 0.3) is 11.3 Å². The number of benzene rings is 1. The minimum atomic E-state index is -0.359. The predicted molar refractivity (Wildman–Crippen MR) is 66.3 cm³/mol. The molecule has 1 heterocycles. The molecule has 88 valence electrons. The van der Waals surface area contributed by atoms with E-state index in [2.05, 4.69) is 9.97 Å². The highest BCUT2D eigenvalue weighted by Crippen LogP contribution is 2.32. The summed E-state index contributed by atoms with van der Waals surface area (Å²) in [5, 5.41) is 0. The maximum Gasteiger partial charge on any atom is 0.345 e. The average molecular weight is 230 g/mol. The van der Waals surface area contributed by atoms with E-state index in [-0.39, 0.29) is 5.69 Å². The summed E-state index contributed by atoms with van der Waals surface area (Å²) >= 11 is 0. The smallest absolute Gasteiger partial charge is 0.345 e. The molecule has 0 aliphatic carbocycles. The third-order valence-corrected chi connectivity index (χ3v) is 2.85. The summed E-state index contributed by atoms with van der Waals surface area (Å²) in [5.41, 5.74) is 3.45. The van der Waals surface area contributed by atoms with E-state index in [9.17, 15) is 4.79 Å². The molecule has 2 aromatic rings. The van der Waals surface area contributed by atoms with Crippen molar-refractivity contribution in [3.8, 4) is 17.0 Å². The molecule has 1 aromatic heterocycles. The van der Waals surface area contributed by atoms with Crippen molar-refractivity contribution in [2.45, 2.75) is 13.8 Å². The number of aryl methyl sites for hydroxylation is 1. The zero-order chi connectivity index (χ0) is 12.4. The summed E-state index contributed by atoms with van der Waals surface area (Å²) in [4.78, 5) is 17.5. The van der Waals surface area contributed by atoms with E-state index in [0.29, 0.717) is 5.69 Å². The molecule has 0 fully saturated rings. The Kier molecular flexibility index (Phi) is 2.95. The van der Waals surface area contributed by atoms with Gasteiger partial charge in [0.15, 0.2) is 0 Å². The molecule has 1 aromatic carbocycles. The second-order valence-electron chi connectivity index (χ2n) is 3.88. The summed E-state index contributed by atoms with van der Waals surface area (Å²) in [6.07, 6.45) is 1.49. The number of hydrogen-bond acceptors (Lipinski definition) is 3. The van der Waals surface area contributed by atoms with Crippen LogP contribution in [-0.2, 0) is 0 Å². The molecular weight excluding hydrogens is 216 g/mol. The highest BCUT2D eigenvalue weighted by molar-refractivity contribution is 5.69. The molecule has 0 saturated carbocycles. The molecule has 4 heteroatoms. The lowest BCUT2D eigenvalue weighted by atomic mass is 10.0. The number of ether oxygens (including phenoxy) is 1. The average Bonchev–Trinajstić information content (AvgIpc) is 2.32. The van der Waals surface area contributed by atoms with Crippen molar-refractivity contribution in [1.29, 1.82) is 0 Å². The Bertz CT molecular complexity index is 603. The minimum absolute atomic E-state index is 0.359. The fourth-order valence-corrected chi connectivity index (χ4v) is 1.79. The maximum absolute atomic E-state index is 11.2. The molecule has 0 atom stereocenters. The zero-order valence-electron chi connectivity index (χ0n) is 10.1. The second-order valence-corrected chi connectivity index (χ2v) is 3.88. The van der Waals surface area contributed by atoms with E-state index < -0.39 is 0 Å². The largest absolute Gasteiger partial charge is 0.496 e. The van der Waals surface area contributed by atoms with E-state index in [1.54, 1.807) is 13.2 Å². The van der Waals surface area contributed by atoms with Crippen LogP contribution >= 0.6 is 0 Å². The second kappa shape index (κ2) is 4.41. The van der Waals surface area contributed by atoms with Gasteiger partial charge in [0.05, 0.1) is 12.8 Å².